The van der Waals surface area contributed by atoms with Gasteiger partial charge in [-0.25, -0.2) is 0 Å². The highest BCUT2D eigenvalue weighted by Crippen LogP contribution is 2.14. The minimum Gasteiger partial charge on any atom is -0.344 e. The molecule has 2 heterocycles. The highest BCUT2D eigenvalue weighted by atomic mass is 32.1. The summed E-state index contributed by atoms with van der Waals surface area (Å²) in [7, 11) is 0. The van der Waals surface area contributed by atoms with E-state index in [0.717, 1.165) is 4.88 Å². The lowest BCUT2D eigenvalue weighted by Gasteiger charge is -1.98. The molecular weight excluding hydrogens is 214 g/mol. The zero-order valence-corrected chi connectivity index (χ0v) is 8.84. The minimum absolute atomic E-state index is 0.113. The van der Waals surface area contributed by atoms with Crippen molar-refractivity contribution in [2.24, 2.45) is 0 Å². The van der Waals surface area contributed by atoms with E-state index in [9.17, 15) is 4.79 Å². The Morgan fingerprint density at radius 2 is 2.47 bits per heavy atom. The summed E-state index contributed by atoms with van der Waals surface area (Å²) in [5, 5.41) is 15.9. The van der Waals surface area contributed by atoms with Gasteiger partial charge in [0.05, 0.1) is 11.4 Å². The van der Waals surface area contributed by atoms with E-state index in [4.69, 9.17) is 0 Å². The van der Waals surface area contributed by atoms with E-state index in [-0.39, 0.29) is 12.5 Å². The maximum absolute atomic E-state index is 11.6. The lowest BCUT2D eigenvalue weighted by Crippen LogP contribution is -2.22. The van der Waals surface area contributed by atoms with Gasteiger partial charge in [0.1, 0.15) is 0 Å². The number of hydrogen-bond acceptors (Lipinski definition) is 5. The smallest absolute Gasteiger partial charge is 0.261 e. The molecule has 2 aromatic heterocycles. The maximum atomic E-state index is 11.6. The van der Waals surface area contributed by atoms with Gasteiger partial charge in [-0.2, -0.15) is 5.21 Å². The first-order valence-electron chi connectivity index (χ1n) is 4.32. The van der Waals surface area contributed by atoms with Gasteiger partial charge in [-0.05, 0) is 19.1 Å². The van der Waals surface area contributed by atoms with E-state index < -0.39 is 0 Å². The Morgan fingerprint density at radius 3 is 3.07 bits per heavy atom. The number of H-pyrrole nitrogens is 1. The summed E-state index contributed by atoms with van der Waals surface area (Å²) in [5.74, 6) is 0.356. The Hall–Kier alpha value is -1.76. The van der Waals surface area contributed by atoms with Crippen LogP contribution in [-0.2, 0) is 6.54 Å². The lowest BCUT2D eigenvalue weighted by molar-refractivity contribution is 0.0954. The molecule has 7 heteroatoms. The van der Waals surface area contributed by atoms with E-state index in [2.05, 4.69) is 25.9 Å². The molecule has 0 spiro atoms. The number of amides is 1. The SMILES string of the molecule is Cc1ccc(C(=O)NCc2nn[nH]n2)s1. The summed E-state index contributed by atoms with van der Waals surface area (Å²) in [5.41, 5.74) is 0. The second kappa shape index (κ2) is 4.18. The van der Waals surface area contributed by atoms with Crippen LogP contribution >= 0.6 is 11.3 Å². The summed E-state index contributed by atoms with van der Waals surface area (Å²) in [6.07, 6.45) is 0. The van der Waals surface area contributed by atoms with E-state index in [0.29, 0.717) is 10.7 Å². The number of carbonyl (C=O) groups is 1. The van der Waals surface area contributed by atoms with E-state index in [1.54, 1.807) is 6.07 Å². The van der Waals surface area contributed by atoms with Gasteiger partial charge in [-0.3, -0.25) is 4.79 Å². The molecule has 2 rings (SSSR count). The molecule has 0 unspecified atom stereocenters. The molecule has 0 aliphatic heterocycles. The van der Waals surface area contributed by atoms with Crippen molar-refractivity contribution in [3.63, 3.8) is 0 Å². The molecular formula is C8H9N5OS. The summed E-state index contributed by atoms with van der Waals surface area (Å²) in [4.78, 5) is 13.4. The summed E-state index contributed by atoms with van der Waals surface area (Å²) in [6.45, 7) is 2.24. The van der Waals surface area contributed by atoms with Crippen molar-refractivity contribution in [2.45, 2.75) is 13.5 Å². The third-order valence-corrected chi connectivity index (χ3v) is 2.76. The lowest BCUT2D eigenvalue weighted by atomic mass is 10.4. The molecule has 1 amide bonds. The third-order valence-electron chi connectivity index (χ3n) is 1.76. The third kappa shape index (κ3) is 2.38. The van der Waals surface area contributed by atoms with Gasteiger partial charge in [-0.1, -0.05) is 5.21 Å². The first-order valence-corrected chi connectivity index (χ1v) is 5.14. The van der Waals surface area contributed by atoms with Crippen LogP contribution in [0, 0.1) is 6.92 Å². The zero-order valence-electron chi connectivity index (χ0n) is 8.02. The van der Waals surface area contributed by atoms with E-state index >= 15 is 0 Å². The van der Waals surface area contributed by atoms with Crippen LogP contribution < -0.4 is 5.32 Å². The quantitative estimate of drug-likeness (QED) is 0.793. The van der Waals surface area contributed by atoms with Crippen LogP contribution in [0.3, 0.4) is 0 Å². The monoisotopic (exact) mass is 223 g/mol. The van der Waals surface area contributed by atoms with Crippen LogP contribution in [0.25, 0.3) is 0 Å². The Balaban J connectivity index is 1.93. The summed E-state index contributed by atoms with van der Waals surface area (Å²) in [6, 6.07) is 3.71. The van der Waals surface area contributed by atoms with Gasteiger partial charge >= 0.3 is 0 Å². The van der Waals surface area contributed by atoms with Crippen molar-refractivity contribution in [3.05, 3.63) is 27.7 Å². The molecule has 0 saturated heterocycles. The fourth-order valence-electron chi connectivity index (χ4n) is 1.06. The van der Waals surface area contributed by atoms with Gasteiger partial charge in [0.2, 0.25) is 0 Å². The maximum Gasteiger partial charge on any atom is 0.261 e. The minimum atomic E-state index is -0.113. The zero-order chi connectivity index (χ0) is 10.7. The fraction of sp³-hybridized carbons (Fsp3) is 0.250. The van der Waals surface area contributed by atoms with Crippen LogP contribution in [0.4, 0.5) is 0 Å². The largest absolute Gasteiger partial charge is 0.344 e. The van der Waals surface area contributed by atoms with E-state index in [1.807, 2.05) is 13.0 Å². The van der Waals surface area contributed by atoms with Gasteiger partial charge < -0.3 is 5.32 Å². The predicted molar refractivity (Wildman–Crippen MR) is 54.4 cm³/mol. The standard InChI is InChI=1S/C8H9N5OS/c1-5-2-3-6(15-5)8(14)9-4-7-10-12-13-11-7/h2-3H,4H2,1H3,(H,9,14)(H,10,11,12,13). The van der Waals surface area contributed by atoms with Crippen LogP contribution in [0.2, 0.25) is 0 Å². The Bertz CT molecular complexity index is 449. The Labute approximate surface area is 89.7 Å². The molecule has 2 aromatic rings. The highest BCUT2D eigenvalue weighted by Gasteiger charge is 2.08. The van der Waals surface area contributed by atoms with Crippen LogP contribution in [0.15, 0.2) is 12.1 Å². The number of aromatic amines is 1. The number of carbonyl (C=O) groups excluding carboxylic acids is 1. The molecule has 0 aliphatic carbocycles. The Morgan fingerprint density at radius 1 is 1.60 bits per heavy atom. The molecule has 78 valence electrons. The molecule has 0 radical (unpaired) electrons. The number of aromatic nitrogens is 4. The first kappa shape index (κ1) is 9.78. The number of thiophene rings is 1. The number of aryl methyl sites for hydroxylation is 1. The topological polar surface area (TPSA) is 83.6 Å². The van der Waals surface area contributed by atoms with Crippen molar-refractivity contribution in [1.29, 1.82) is 0 Å². The van der Waals surface area contributed by atoms with Gasteiger partial charge in [-0.15, -0.1) is 21.5 Å². The second-order valence-corrected chi connectivity index (χ2v) is 4.21. The summed E-state index contributed by atoms with van der Waals surface area (Å²) >= 11 is 1.46. The number of rotatable bonds is 3. The highest BCUT2D eigenvalue weighted by molar-refractivity contribution is 7.13. The van der Waals surface area contributed by atoms with Crippen molar-refractivity contribution in [2.75, 3.05) is 0 Å². The predicted octanol–water partition coefficient (Wildman–Crippen LogP) is 0.500. The molecule has 6 nitrogen and oxygen atoms in total. The average molecular weight is 223 g/mol. The first-order chi connectivity index (χ1) is 7.25. The molecule has 0 saturated carbocycles. The van der Waals surface area contributed by atoms with Gasteiger partial charge in [0.25, 0.3) is 5.91 Å². The number of nitrogens with zero attached hydrogens (tertiary/aromatic N) is 3. The van der Waals surface area contributed by atoms with Gasteiger partial charge in [0, 0.05) is 4.88 Å². The van der Waals surface area contributed by atoms with Crippen LogP contribution in [-0.4, -0.2) is 26.5 Å². The average Bonchev–Trinajstić information content (AvgIpc) is 2.84. The second-order valence-electron chi connectivity index (χ2n) is 2.92. The fourth-order valence-corrected chi connectivity index (χ4v) is 1.84. The van der Waals surface area contributed by atoms with Gasteiger partial charge in [0.15, 0.2) is 5.82 Å². The summed E-state index contributed by atoms with van der Waals surface area (Å²) < 4.78 is 0. The van der Waals surface area contributed by atoms with Crippen LogP contribution in [0.1, 0.15) is 20.4 Å². The number of hydrogen-bond donors (Lipinski definition) is 2. The molecule has 0 atom stereocenters. The number of tetrazole rings is 1. The molecule has 0 fully saturated rings. The molecule has 2 N–H and O–H groups in total. The van der Waals surface area contributed by atoms with Crippen LogP contribution in [0.5, 0.6) is 0 Å². The molecule has 0 aromatic carbocycles. The molecule has 15 heavy (non-hydrogen) atoms. The normalized spacial score (nSPS) is 10.2. The van der Waals surface area contributed by atoms with Crippen molar-refractivity contribution < 1.29 is 4.79 Å². The van der Waals surface area contributed by atoms with E-state index in [1.165, 1.54) is 11.3 Å². The molecule has 0 bridgehead atoms. The Kier molecular flexibility index (Phi) is 2.72. The van der Waals surface area contributed by atoms with Crippen molar-refractivity contribution in [3.8, 4) is 0 Å². The molecule has 0 aliphatic rings. The van der Waals surface area contributed by atoms with Crippen molar-refractivity contribution >= 4 is 17.2 Å². The number of nitrogens with one attached hydrogen (secondary N) is 2. The van der Waals surface area contributed by atoms with Crippen molar-refractivity contribution in [1.82, 2.24) is 25.9 Å².